The van der Waals surface area contributed by atoms with Gasteiger partial charge in [-0.25, -0.2) is 17.8 Å². The summed E-state index contributed by atoms with van der Waals surface area (Å²) in [6.07, 6.45) is 2.83. The fourth-order valence-electron chi connectivity index (χ4n) is 3.74. The van der Waals surface area contributed by atoms with E-state index in [-0.39, 0.29) is 22.2 Å². The molecule has 0 radical (unpaired) electrons. The first-order chi connectivity index (χ1) is 16.3. The van der Waals surface area contributed by atoms with E-state index in [9.17, 15) is 17.4 Å². The number of ether oxygens (including phenoxy) is 1. The van der Waals surface area contributed by atoms with Crippen LogP contribution in [0.4, 0.5) is 5.69 Å². The number of nitrogens with one attached hydrogen (secondary N) is 1. The van der Waals surface area contributed by atoms with Crippen LogP contribution in [0.2, 0.25) is 0 Å². The minimum Gasteiger partial charge on any atom is -0.454 e. The molecule has 1 atom stereocenters. The fraction of sp³-hybridized carbons (Fsp3) is 0.458. The highest BCUT2D eigenvalue weighted by Crippen LogP contribution is 2.36. The molecular formula is C24H33N3O5S2. The summed E-state index contributed by atoms with van der Waals surface area (Å²) in [6.45, 7) is 4.43. The van der Waals surface area contributed by atoms with Crippen LogP contribution in [0.1, 0.15) is 43.0 Å². The Kier molecular flexibility index (Phi) is 9.63. The topological polar surface area (TPSA) is 119 Å². The highest BCUT2D eigenvalue weighted by atomic mass is 32.2. The molecule has 3 rings (SSSR count). The number of ketones is 1. The maximum absolute atomic E-state index is 13.0. The van der Waals surface area contributed by atoms with E-state index in [1.54, 1.807) is 24.3 Å². The van der Waals surface area contributed by atoms with E-state index in [0.717, 1.165) is 12.8 Å². The van der Waals surface area contributed by atoms with Crippen molar-refractivity contribution in [1.82, 2.24) is 4.90 Å². The smallest absolute Gasteiger partial charge is 0.168 e. The molecule has 1 heterocycles. The molecule has 0 aliphatic carbocycles. The molecule has 34 heavy (non-hydrogen) atoms. The summed E-state index contributed by atoms with van der Waals surface area (Å²) in [5, 5.41) is 9.09. The number of carbonyl (C=O) groups excluding carboxylic acids is 1. The molecule has 1 unspecified atom stereocenters. The van der Waals surface area contributed by atoms with Gasteiger partial charge in [0.25, 0.3) is 0 Å². The second-order valence-electron chi connectivity index (χ2n) is 8.36. The maximum Gasteiger partial charge on any atom is 0.168 e. The van der Waals surface area contributed by atoms with Gasteiger partial charge in [0.2, 0.25) is 0 Å². The molecule has 0 bridgehead atoms. The maximum atomic E-state index is 13.0. The van der Waals surface area contributed by atoms with Crippen LogP contribution < -0.4 is 15.2 Å². The molecule has 10 heteroatoms. The Balaban J connectivity index is 1.76. The Hall–Kier alpha value is -2.27. The van der Waals surface area contributed by atoms with E-state index in [0.29, 0.717) is 61.8 Å². The summed E-state index contributed by atoms with van der Waals surface area (Å²) >= 11 is 0. The number of rotatable bonds is 12. The number of nitrogens with two attached hydrogens (primary N) is 1. The number of carbonyl (C=O) groups is 1. The van der Waals surface area contributed by atoms with Gasteiger partial charge in [0.1, 0.15) is 16.7 Å². The van der Waals surface area contributed by atoms with Gasteiger partial charge in [0, 0.05) is 31.6 Å². The number of anilines is 1. The molecule has 2 aromatic carbocycles. The first-order valence-corrected chi connectivity index (χ1v) is 14.6. The van der Waals surface area contributed by atoms with Crippen LogP contribution >= 0.6 is 0 Å². The van der Waals surface area contributed by atoms with Gasteiger partial charge in [-0.15, -0.1) is 0 Å². The van der Waals surface area contributed by atoms with Crippen LogP contribution in [0, 0.1) is 0 Å². The Morgan fingerprint density at radius 1 is 1.15 bits per heavy atom. The molecule has 1 aliphatic heterocycles. The lowest BCUT2D eigenvalue weighted by molar-refractivity contribution is 0.0975. The normalized spacial score (nSPS) is 16.6. The Morgan fingerprint density at radius 3 is 2.50 bits per heavy atom. The molecule has 0 spiro atoms. The van der Waals surface area contributed by atoms with Crippen molar-refractivity contribution in [2.75, 3.05) is 43.0 Å². The average Bonchev–Trinajstić information content (AvgIpc) is 2.81. The van der Waals surface area contributed by atoms with Crippen molar-refractivity contribution in [2.45, 2.75) is 37.5 Å². The largest absolute Gasteiger partial charge is 0.454 e. The standard InChI is InChI=1S/C24H33N3O5S2/c1-2-3-11-26-21-17-19(22(28)10-7-12-27-13-15-34(30,31)16-14-27)18-23(33(25)29)24(21)32-20-8-5-4-6-9-20/h4-6,8-9,17-18,26H,2-3,7,10-16,25H2,1H3. The Labute approximate surface area is 204 Å². The molecule has 0 amide bonds. The lowest BCUT2D eigenvalue weighted by Gasteiger charge is -2.26. The van der Waals surface area contributed by atoms with Crippen molar-refractivity contribution in [3.8, 4) is 11.5 Å². The number of sulfone groups is 1. The molecule has 1 saturated heterocycles. The quantitative estimate of drug-likeness (QED) is 0.334. The van der Waals surface area contributed by atoms with Crippen LogP contribution in [0.25, 0.3) is 0 Å². The SMILES string of the molecule is CCCCNc1cc(C(=O)CCCN2CCS(=O)(=O)CC2)cc(S(N)=O)c1Oc1ccccc1. The lowest BCUT2D eigenvalue weighted by Crippen LogP contribution is -2.40. The van der Waals surface area contributed by atoms with E-state index in [4.69, 9.17) is 9.88 Å². The predicted octanol–water partition coefficient (Wildman–Crippen LogP) is 3.37. The van der Waals surface area contributed by atoms with Gasteiger partial charge < -0.3 is 15.0 Å². The summed E-state index contributed by atoms with van der Waals surface area (Å²) in [4.78, 5) is 15.3. The molecule has 1 aliphatic rings. The summed E-state index contributed by atoms with van der Waals surface area (Å²) in [6, 6.07) is 12.4. The van der Waals surface area contributed by atoms with Gasteiger partial charge in [-0.1, -0.05) is 31.5 Å². The highest BCUT2D eigenvalue weighted by molar-refractivity contribution is 7.91. The van der Waals surface area contributed by atoms with E-state index < -0.39 is 20.8 Å². The molecular weight excluding hydrogens is 474 g/mol. The van der Waals surface area contributed by atoms with Crippen molar-refractivity contribution in [2.24, 2.45) is 5.14 Å². The second kappa shape index (κ2) is 12.4. The molecule has 0 aromatic heterocycles. The van der Waals surface area contributed by atoms with Crippen LogP contribution in [-0.4, -0.2) is 61.0 Å². The third-order valence-corrected chi connectivity index (χ3v) is 8.06. The van der Waals surface area contributed by atoms with Crippen LogP contribution in [0.15, 0.2) is 47.4 Å². The van der Waals surface area contributed by atoms with E-state index in [1.807, 2.05) is 18.2 Å². The van der Waals surface area contributed by atoms with E-state index in [2.05, 4.69) is 17.1 Å². The first-order valence-electron chi connectivity index (χ1n) is 11.6. The Morgan fingerprint density at radius 2 is 1.85 bits per heavy atom. The van der Waals surface area contributed by atoms with Crippen LogP contribution in [0.5, 0.6) is 11.5 Å². The zero-order chi connectivity index (χ0) is 24.6. The molecule has 186 valence electrons. The minimum absolute atomic E-state index is 0.0823. The lowest BCUT2D eigenvalue weighted by atomic mass is 10.0. The van der Waals surface area contributed by atoms with Crippen molar-refractivity contribution in [1.29, 1.82) is 0 Å². The van der Waals surface area contributed by atoms with Gasteiger partial charge in [-0.05, 0) is 43.7 Å². The highest BCUT2D eigenvalue weighted by Gasteiger charge is 2.22. The molecule has 8 nitrogen and oxygen atoms in total. The number of Topliss-reactive ketones (excluding diaryl/α,β-unsaturated/α-hetero) is 1. The second-order valence-corrected chi connectivity index (χ2v) is 11.7. The van der Waals surface area contributed by atoms with Gasteiger partial charge in [0.15, 0.2) is 21.4 Å². The van der Waals surface area contributed by atoms with E-state index in [1.165, 1.54) is 0 Å². The van der Waals surface area contributed by atoms with Crippen LogP contribution in [0.3, 0.4) is 0 Å². The van der Waals surface area contributed by atoms with Gasteiger partial charge >= 0.3 is 0 Å². The number of hydrogen-bond acceptors (Lipinski definition) is 7. The number of hydrogen-bond donors (Lipinski definition) is 2. The van der Waals surface area contributed by atoms with Crippen molar-refractivity contribution < 1.29 is 22.2 Å². The van der Waals surface area contributed by atoms with Gasteiger partial charge in [-0.3, -0.25) is 4.79 Å². The summed E-state index contributed by atoms with van der Waals surface area (Å²) in [7, 11) is -4.78. The third-order valence-electron chi connectivity index (χ3n) is 5.72. The number of unbranched alkanes of at least 4 members (excludes halogenated alkanes) is 1. The molecule has 3 N–H and O–H groups in total. The van der Waals surface area contributed by atoms with Gasteiger partial charge in [-0.2, -0.15) is 0 Å². The summed E-state index contributed by atoms with van der Waals surface area (Å²) < 4.78 is 41.6. The summed E-state index contributed by atoms with van der Waals surface area (Å²) in [5.41, 5.74) is 1.01. The van der Waals surface area contributed by atoms with Crippen molar-refractivity contribution >= 4 is 32.3 Å². The van der Waals surface area contributed by atoms with Gasteiger partial charge in [0.05, 0.1) is 22.1 Å². The zero-order valence-corrected chi connectivity index (χ0v) is 21.1. The molecule has 1 fully saturated rings. The zero-order valence-electron chi connectivity index (χ0n) is 19.5. The first kappa shape index (κ1) is 26.3. The Bertz CT molecular complexity index is 1090. The number of para-hydroxylation sites is 1. The molecule has 2 aromatic rings. The van der Waals surface area contributed by atoms with Crippen molar-refractivity contribution in [3.63, 3.8) is 0 Å². The molecule has 0 saturated carbocycles. The monoisotopic (exact) mass is 507 g/mol. The number of benzene rings is 2. The van der Waals surface area contributed by atoms with Crippen LogP contribution in [-0.2, 0) is 20.8 Å². The average molecular weight is 508 g/mol. The predicted molar refractivity (Wildman–Crippen MR) is 136 cm³/mol. The summed E-state index contributed by atoms with van der Waals surface area (Å²) in [5.74, 6) is 1.19. The van der Waals surface area contributed by atoms with Crippen molar-refractivity contribution in [3.05, 3.63) is 48.0 Å². The minimum atomic E-state index is -2.92. The number of nitrogens with zero attached hydrogens (tertiary/aromatic N) is 1. The van der Waals surface area contributed by atoms with E-state index >= 15 is 0 Å². The third kappa shape index (κ3) is 7.63. The fourth-order valence-corrected chi connectivity index (χ4v) is 5.59.